The average molecular weight is 219 g/mol. The number of nitrogens with one attached hydrogen (secondary N) is 1. The van der Waals surface area contributed by atoms with E-state index in [0.717, 1.165) is 18.2 Å². The molecule has 1 aromatic rings. The van der Waals surface area contributed by atoms with Crippen LogP contribution in [0.15, 0.2) is 24.4 Å². The smallest absolute Gasteiger partial charge is 0.0572 e. The van der Waals surface area contributed by atoms with Crippen LogP contribution in [0.3, 0.4) is 0 Å². The standard InChI is InChI=1S/C13H21N3/c1-11(13-5-3-4-7-15-13)16(2)10-12-6-8-14-9-12/h3-5,7,11-12,14H,6,8-10H2,1-2H3/t11-,12-/m1/s1. The van der Waals surface area contributed by atoms with Crippen molar-refractivity contribution in [3.63, 3.8) is 0 Å². The molecule has 0 spiro atoms. The molecular weight excluding hydrogens is 198 g/mol. The van der Waals surface area contributed by atoms with Crippen LogP contribution in [-0.2, 0) is 0 Å². The average Bonchev–Trinajstić information content (AvgIpc) is 2.82. The summed E-state index contributed by atoms with van der Waals surface area (Å²) in [5.74, 6) is 0.802. The summed E-state index contributed by atoms with van der Waals surface area (Å²) in [6.45, 7) is 5.73. The Labute approximate surface area is 97.9 Å². The molecule has 0 unspecified atom stereocenters. The molecule has 2 heterocycles. The van der Waals surface area contributed by atoms with Gasteiger partial charge < -0.3 is 5.32 Å². The molecule has 1 aliphatic rings. The van der Waals surface area contributed by atoms with Gasteiger partial charge in [0, 0.05) is 18.8 Å². The zero-order valence-corrected chi connectivity index (χ0v) is 10.2. The zero-order chi connectivity index (χ0) is 11.4. The Morgan fingerprint density at radius 3 is 3.06 bits per heavy atom. The summed E-state index contributed by atoms with van der Waals surface area (Å²) in [7, 11) is 2.19. The molecular formula is C13H21N3. The van der Waals surface area contributed by atoms with E-state index in [1.807, 2.05) is 12.3 Å². The van der Waals surface area contributed by atoms with Crippen LogP contribution in [0.4, 0.5) is 0 Å². The highest BCUT2D eigenvalue weighted by Crippen LogP contribution is 2.19. The summed E-state index contributed by atoms with van der Waals surface area (Å²) in [6, 6.07) is 6.54. The molecule has 0 bridgehead atoms. The van der Waals surface area contributed by atoms with Gasteiger partial charge in [-0.15, -0.1) is 0 Å². The van der Waals surface area contributed by atoms with E-state index in [1.165, 1.54) is 19.5 Å². The predicted molar refractivity (Wildman–Crippen MR) is 66.3 cm³/mol. The van der Waals surface area contributed by atoms with Crippen molar-refractivity contribution in [3.05, 3.63) is 30.1 Å². The van der Waals surface area contributed by atoms with E-state index in [-0.39, 0.29) is 0 Å². The highest BCUT2D eigenvalue weighted by Gasteiger charge is 2.20. The molecule has 88 valence electrons. The molecule has 3 nitrogen and oxygen atoms in total. The first-order valence-corrected chi connectivity index (χ1v) is 6.09. The third-order valence-electron chi connectivity index (χ3n) is 3.49. The lowest BCUT2D eigenvalue weighted by Gasteiger charge is -2.26. The van der Waals surface area contributed by atoms with Gasteiger partial charge in [-0.2, -0.15) is 0 Å². The Morgan fingerprint density at radius 2 is 2.44 bits per heavy atom. The monoisotopic (exact) mass is 219 g/mol. The Balaban J connectivity index is 1.91. The van der Waals surface area contributed by atoms with Gasteiger partial charge in [0.25, 0.3) is 0 Å². The van der Waals surface area contributed by atoms with E-state index in [1.54, 1.807) is 0 Å². The fourth-order valence-corrected chi connectivity index (χ4v) is 2.28. The minimum Gasteiger partial charge on any atom is -0.316 e. The third kappa shape index (κ3) is 2.80. The Bertz CT molecular complexity index is 306. The van der Waals surface area contributed by atoms with Gasteiger partial charge >= 0.3 is 0 Å². The summed E-state index contributed by atoms with van der Waals surface area (Å²) in [4.78, 5) is 6.82. The second kappa shape index (κ2) is 5.41. The topological polar surface area (TPSA) is 28.2 Å². The van der Waals surface area contributed by atoms with E-state index < -0.39 is 0 Å². The number of hydrogen-bond donors (Lipinski definition) is 1. The molecule has 0 aromatic carbocycles. The first kappa shape index (κ1) is 11.6. The minimum absolute atomic E-state index is 0.404. The molecule has 16 heavy (non-hydrogen) atoms. The van der Waals surface area contributed by atoms with Crippen molar-refractivity contribution < 1.29 is 0 Å². The van der Waals surface area contributed by atoms with Crippen LogP contribution in [0.5, 0.6) is 0 Å². The molecule has 1 aliphatic heterocycles. The first-order valence-electron chi connectivity index (χ1n) is 6.09. The largest absolute Gasteiger partial charge is 0.316 e. The lowest BCUT2D eigenvalue weighted by molar-refractivity contribution is 0.223. The zero-order valence-electron chi connectivity index (χ0n) is 10.2. The fourth-order valence-electron chi connectivity index (χ4n) is 2.28. The van der Waals surface area contributed by atoms with Gasteiger partial charge in [0.05, 0.1) is 5.69 Å². The van der Waals surface area contributed by atoms with Crippen molar-refractivity contribution in [1.29, 1.82) is 0 Å². The highest BCUT2D eigenvalue weighted by atomic mass is 15.1. The number of pyridine rings is 1. The number of hydrogen-bond acceptors (Lipinski definition) is 3. The summed E-state index contributed by atoms with van der Waals surface area (Å²) < 4.78 is 0. The van der Waals surface area contributed by atoms with Gasteiger partial charge in [0.15, 0.2) is 0 Å². The SMILES string of the molecule is C[C@H](c1ccccn1)N(C)C[C@@H]1CCNC1. The predicted octanol–water partition coefficient (Wildman–Crippen LogP) is 1.68. The Hall–Kier alpha value is -0.930. The van der Waals surface area contributed by atoms with Gasteiger partial charge in [0.2, 0.25) is 0 Å². The molecule has 1 N–H and O–H groups in total. The van der Waals surface area contributed by atoms with E-state index >= 15 is 0 Å². The van der Waals surface area contributed by atoms with Crippen molar-refractivity contribution in [2.24, 2.45) is 5.92 Å². The van der Waals surface area contributed by atoms with Gasteiger partial charge in [-0.25, -0.2) is 0 Å². The van der Waals surface area contributed by atoms with Gasteiger partial charge in [0.1, 0.15) is 0 Å². The quantitative estimate of drug-likeness (QED) is 0.835. The van der Waals surface area contributed by atoms with Crippen LogP contribution in [0.25, 0.3) is 0 Å². The van der Waals surface area contributed by atoms with E-state index in [0.29, 0.717) is 6.04 Å². The highest BCUT2D eigenvalue weighted by molar-refractivity contribution is 5.07. The minimum atomic E-state index is 0.404. The molecule has 0 amide bonds. The fraction of sp³-hybridized carbons (Fsp3) is 0.615. The molecule has 2 rings (SSSR count). The second-order valence-electron chi connectivity index (χ2n) is 4.73. The number of aromatic nitrogens is 1. The molecule has 3 heteroatoms. The summed E-state index contributed by atoms with van der Waals surface area (Å²) in [5.41, 5.74) is 1.16. The second-order valence-corrected chi connectivity index (χ2v) is 4.73. The summed E-state index contributed by atoms with van der Waals surface area (Å²) in [5, 5.41) is 3.41. The van der Waals surface area contributed by atoms with Gasteiger partial charge in [-0.3, -0.25) is 9.88 Å². The van der Waals surface area contributed by atoms with E-state index in [4.69, 9.17) is 0 Å². The van der Waals surface area contributed by atoms with Crippen LogP contribution in [0.1, 0.15) is 25.1 Å². The lowest BCUT2D eigenvalue weighted by atomic mass is 10.1. The summed E-state index contributed by atoms with van der Waals surface area (Å²) in [6.07, 6.45) is 3.18. The van der Waals surface area contributed by atoms with Gasteiger partial charge in [-0.1, -0.05) is 6.07 Å². The van der Waals surface area contributed by atoms with Crippen molar-refractivity contribution in [1.82, 2.24) is 15.2 Å². The maximum atomic E-state index is 4.42. The molecule has 1 saturated heterocycles. The van der Waals surface area contributed by atoms with Crippen molar-refractivity contribution >= 4 is 0 Å². The third-order valence-corrected chi connectivity index (χ3v) is 3.49. The molecule has 1 aromatic heterocycles. The van der Waals surface area contributed by atoms with Crippen LogP contribution in [0, 0.1) is 5.92 Å². The Kier molecular flexibility index (Phi) is 3.91. The molecule has 2 atom stereocenters. The van der Waals surface area contributed by atoms with Crippen molar-refractivity contribution in [2.45, 2.75) is 19.4 Å². The maximum Gasteiger partial charge on any atom is 0.0572 e. The van der Waals surface area contributed by atoms with Gasteiger partial charge in [-0.05, 0) is 51.5 Å². The molecule has 0 radical (unpaired) electrons. The molecule has 0 aliphatic carbocycles. The van der Waals surface area contributed by atoms with Crippen LogP contribution < -0.4 is 5.32 Å². The normalized spacial score (nSPS) is 22.6. The van der Waals surface area contributed by atoms with E-state index in [2.05, 4.69) is 41.3 Å². The van der Waals surface area contributed by atoms with Crippen molar-refractivity contribution in [2.75, 3.05) is 26.7 Å². The Morgan fingerprint density at radius 1 is 1.56 bits per heavy atom. The van der Waals surface area contributed by atoms with Crippen LogP contribution >= 0.6 is 0 Å². The molecule has 0 saturated carbocycles. The lowest BCUT2D eigenvalue weighted by Crippen LogP contribution is -2.29. The van der Waals surface area contributed by atoms with Crippen LogP contribution in [-0.4, -0.2) is 36.6 Å². The summed E-state index contributed by atoms with van der Waals surface area (Å²) >= 11 is 0. The number of nitrogens with zero attached hydrogens (tertiary/aromatic N) is 2. The number of rotatable bonds is 4. The molecule has 1 fully saturated rings. The maximum absolute atomic E-state index is 4.42. The van der Waals surface area contributed by atoms with Crippen molar-refractivity contribution in [3.8, 4) is 0 Å². The van der Waals surface area contributed by atoms with E-state index in [9.17, 15) is 0 Å². The van der Waals surface area contributed by atoms with Crippen LogP contribution in [0.2, 0.25) is 0 Å². The first-order chi connectivity index (χ1) is 7.77.